The Morgan fingerprint density at radius 3 is 2.72 bits per heavy atom. The number of rotatable bonds is 3. The van der Waals surface area contributed by atoms with Crippen molar-refractivity contribution in [3.05, 3.63) is 63.1 Å². The molecule has 0 saturated heterocycles. The molecule has 0 radical (unpaired) electrons. The molecule has 0 spiro atoms. The van der Waals surface area contributed by atoms with E-state index < -0.39 is 5.54 Å². The molecular formula is C18H17BrClN3OS. The third-order valence-corrected chi connectivity index (χ3v) is 5.58. The van der Waals surface area contributed by atoms with Crippen LogP contribution in [0.4, 0.5) is 5.69 Å². The van der Waals surface area contributed by atoms with E-state index in [1.807, 2.05) is 18.2 Å². The van der Waals surface area contributed by atoms with Crippen LogP contribution in [0.3, 0.4) is 0 Å². The lowest BCUT2D eigenvalue weighted by Gasteiger charge is -2.30. The minimum Gasteiger partial charge on any atom is -0.379 e. The smallest absolute Gasteiger partial charge is 0.255 e. The third-order valence-electron chi connectivity index (χ3n) is 4.08. The predicted octanol–water partition coefficient (Wildman–Crippen LogP) is 5.02. The molecule has 130 valence electrons. The van der Waals surface area contributed by atoms with Crippen molar-refractivity contribution < 1.29 is 4.79 Å². The Hall–Kier alpha value is -1.50. The summed E-state index contributed by atoms with van der Waals surface area (Å²) in [7, 11) is 0. The molecular weight excluding hydrogens is 422 g/mol. The molecule has 2 aromatic rings. The number of amides is 1. The first-order chi connectivity index (χ1) is 11.9. The topological polar surface area (TPSA) is 67.5 Å². The van der Waals surface area contributed by atoms with Gasteiger partial charge in [-0.05, 0) is 61.4 Å². The van der Waals surface area contributed by atoms with Crippen LogP contribution in [0.5, 0.6) is 0 Å². The van der Waals surface area contributed by atoms with Gasteiger partial charge < -0.3 is 11.1 Å². The molecule has 1 aliphatic heterocycles. The maximum absolute atomic E-state index is 12.4. The predicted molar refractivity (Wildman–Crippen MR) is 110 cm³/mol. The number of thioether (sulfide) groups is 1. The average Bonchev–Trinajstić information content (AvgIpc) is 2.54. The van der Waals surface area contributed by atoms with Crippen molar-refractivity contribution in [3.63, 3.8) is 0 Å². The van der Waals surface area contributed by atoms with Gasteiger partial charge in [-0.2, -0.15) is 0 Å². The van der Waals surface area contributed by atoms with Crippen LogP contribution in [0.1, 0.15) is 29.3 Å². The normalized spacial score (nSPS) is 20.0. The Kier molecular flexibility index (Phi) is 5.41. The van der Waals surface area contributed by atoms with Crippen molar-refractivity contribution in [2.75, 3.05) is 11.1 Å². The summed E-state index contributed by atoms with van der Waals surface area (Å²) >= 11 is 11.0. The number of carbonyl (C=O) groups is 1. The van der Waals surface area contributed by atoms with Crippen LogP contribution in [0.15, 0.2) is 51.9 Å². The van der Waals surface area contributed by atoms with E-state index >= 15 is 0 Å². The Morgan fingerprint density at radius 1 is 1.32 bits per heavy atom. The van der Waals surface area contributed by atoms with Gasteiger partial charge in [-0.1, -0.05) is 39.3 Å². The molecule has 7 heteroatoms. The van der Waals surface area contributed by atoms with Gasteiger partial charge in [-0.3, -0.25) is 9.79 Å². The number of aliphatic imine (C=N–C) groups is 1. The highest BCUT2D eigenvalue weighted by Crippen LogP contribution is 2.37. The Bertz CT molecular complexity index is 841. The summed E-state index contributed by atoms with van der Waals surface area (Å²) in [6.45, 7) is 2.06. The number of benzene rings is 2. The summed E-state index contributed by atoms with van der Waals surface area (Å²) in [5.74, 6) is 0.734. The monoisotopic (exact) mass is 437 g/mol. The lowest BCUT2D eigenvalue weighted by Crippen LogP contribution is -2.29. The molecule has 4 nitrogen and oxygen atoms in total. The van der Waals surface area contributed by atoms with E-state index in [2.05, 4.69) is 33.2 Å². The number of hydrogen-bond acceptors (Lipinski definition) is 4. The van der Waals surface area contributed by atoms with E-state index in [4.69, 9.17) is 17.3 Å². The van der Waals surface area contributed by atoms with Crippen LogP contribution < -0.4 is 11.1 Å². The van der Waals surface area contributed by atoms with Crippen LogP contribution in [0.25, 0.3) is 0 Å². The summed E-state index contributed by atoms with van der Waals surface area (Å²) in [5.41, 5.74) is 7.79. The minimum absolute atomic E-state index is 0.187. The molecule has 2 aromatic carbocycles. The number of nitrogens with two attached hydrogens (primary N) is 1. The van der Waals surface area contributed by atoms with Crippen LogP contribution in [-0.4, -0.2) is 16.8 Å². The molecule has 0 aliphatic carbocycles. The van der Waals surface area contributed by atoms with E-state index in [9.17, 15) is 4.79 Å². The molecule has 1 amide bonds. The highest BCUT2D eigenvalue weighted by atomic mass is 79.9. The van der Waals surface area contributed by atoms with Gasteiger partial charge in [0, 0.05) is 26.5 Å². The van der Waals surface area contributed by atoms with Gasteiger partial charge in [0.1, 0.15) is 0 Å². The van der Waals surface area contributed by atoms with Crippen LogP contribution in [0, 0.1) is 0 Å². The number of amidine groups is 1. The Labute approximate surface area is 164 Å². The van der Waals surface area contributed by atoms with Gasteiger partial charge in [0.15, 0.2) is 5.17 Å². The average molecular weight is 439 g/mol. The molecule has 1 unspecified atom stereocenters. The number of anilines is 1. The first-order valence-corrected chi connectivity index (χ1v) is 9.87. The van der Waals surface area contributed by atoms with E-state index in [0.29, 0.717) is 21.4 Å². The highest BCUT2D eigenvalue weighted by Gasteiger charge is 2.30. The van der Waals surface area contributed by atoms with Crippen molar-refractivity contribution in [3.8, 4) is 0 Å². The molecule has 1 aliphatic rings. The molecule has 0 bridgehead atoms. The first-order valence-electron chi connectivity index (χ1n) is 7.72. The van der Waals surface area contributed by atoms with E-state index in [0.717, 1.165) is 22.2 Å². The summed E-state index contributed by atoms with van der Waals surface area (Å²) in [4.78, 5) is 17.1. The Morgan fingerprint density at radius 2 is 2.04 bits per heavy atom. The number of nitrogens with one attached hydrogen (secondary N) is 1. The quantitative estimate of drug-likeness (QED) is 0.707. The zero-order valence-electron chi connectivity index (χ0n) is 13.6. The number of nitrogens with zero attached hydrogens (tertiary/aromatic N) is 1. The zero-order valence-corrected chi connectivity index (χ0v) is 16.7. The van der Waals surface area contributed by atoms with Gasteiger partial charge in [0.25, 0.3) is 5.91 Å². The van der Waals surface area contributed by atoms with Gasteiger partial charge in [-0.15, -0.1) is 0 Å². The first kappa shape index (κ1) is 18.3. The van der Waals surface area contributed by atoms with Gasteiger partial charge in [0.2, 0.25) is 0 Å². The minimum atomic E-state index is -0.390. The SMILES string of the molecule is CC1(c2cc(Br)cc(NC(=O)c3ccc(Cl)cc3)c2)CCSC(N)=N1. The molecule has 1 heterocycles. The number of carbonyl (C=O) groups excluding carboxylic acids is 1. The fourth-order valence-corrected chi connectivity index (χ4v) is 4.27. The molecule has 1 atom stereocenters. The summed E-state index contributed by atoms with van der Waals surface area (Å²) in [6.07, 6.45) is 0.888. The molecule has 3 N–H and O–H groups in total. The molecule has 25 heavy (non-hydrogen) atoms. The van der Waals surface area contributed by atoms with Crippen molar-refractivity contribution in [1.82, 2.24) is 0 Å². The van der Waals surface area contributed by atoms with Crippen LogP contribution in [-0.2, 0) is 5.54 Å². The summed E-state index contributed by atoms with van der Waals surface area (Å²) in [6, 6.07) is 12.6. The van der Waals surface area contributed by atoms with Crippen molar-refractivity contribution in [2.45, 2.75) is 18.9 Å². The third kappa shape index (κ3) is 4.37. The second-order valence-electron chi connectivity index (χ2n) is 6.01. The number of halogens is 2. The highest BCUT2D eigenvalue weighted by molar-refractivity contribution is 9.10. The van der Waals surface area contributed by atoms with E-state index in [1.54, 1.807) is 36.0 Å². The zero-order chi connectivity index (χ0) is 18.0. The maximum atomic E-state index is 12.4. The molecule has 0 fully saturated rings. The summed E-state index contributed by atoms with van der Waals surface area (Å²) in [5, 5.41) is 4.12. The largest absolute Gasteiger partial charge is 0.379 e. The molecule has 0 saturated carbocycles. The van der Waals surface area contributed by atoms with Crippen molar-refractivity contribution in [2.24, 2.45) is 10.7 Å². The number of hydrogen-bond donors (Lipinski definition) is 2. The second-order valence-corrected chi connectivity index (χ2v) is 8.48. The van der Waals surface area contributed by atoms with E-state index in [1.165, 1.54) is 0 Å². The van der Waals surface area contributed by atoms with Crippen molar-refractivity contribution in [1.29, 1.82) is 0 Å². The van der Waals surface area contributed by atoms with Crippen LogP contribution >= 0.6 is 39.3 Å². The fraction of sp³-hybridized carbons (Fsp3) is 0.222. The standard InChI is InChI=1S/C18H17BrClN3OS/c1-18(6-7-25-17(21)23-18)12-8-13(19)10-15(9-12)22-16(24)11-2-4-14(20)5-3-11/h2-5,8-10H,6-7H2,1H3,(H2,21,23)(H,22,24). The fourth-order valence-electron chi connectivity index (χ4n) is 2.67. The van der Waals surface area contributed by atoms with Crippen molar-refractivity contribution >= 4 is 56.1 Å². The Balaban J connectivity index is 1.88. The van der Waals surface area contributed by atoms with Gasteiger partial charge in [-0.25, -0.2) is 0 Å². The van der Waals surface area contributed by atoms with Gasteiger partial charge in [0.05, 0.1) is 5.54 Å². The van der Waals surface area contributed by atoms with Crippen LogP contribution in [0.2, 0.25) is 5.02 Å². The lowest BCUT2D eigenvalue weighted by atomic mass is 9.89. The lowest BCUT2D eigenvalue weighted by molar-refractivity contribution is 0.102. The second kappa shape index (κ2) is 7.40. The maximum Gasteiger partial charge on any atom is 0.255 e. The molecule has 0 aromatic heterocycles. The summed E-state index contributed by atoms with van der Waals surface area (Å²) < 4.78 is 0.879. The van der Waals surface area contributed by atoms with Gasteiger partial charge >= 0.3 is 0 Å². The molecule has 3 rings (SSSR count). The van der Waals surface area contributed by atoms with E-state index in [-0.39, 0.29) is 5.91 Å².